The Morgan fingerprint density at radius 3 is 2.58 bits per heavy atom. The molecule has 3 heterocycles. The van der Waals surface area contributed by atoms with Gasteiger partial charge in [-0.05, 0) is 67.0 Å². The molecule has 1 N–H and O–H groups in total. The molecule has 1 saturated carbocycles. The van der Waals surface area contributed by atoms with E-state index >= 15 is 0 Å². The van der Waals surface area contributed by atoms with Crippen LogP contribution in [-0.4, -0.2) is 26.7 Å². The smallest absolute Gasteiger partial charge is 0.170 e. The van der Waals surface area contributed by atoms with E-state index in [2.05, 4.69) is 56.3 Å². The molecule has 1 aliphatic heterocycles. The van der Waals surface area contributed by atoms with Crippen LogP contribution in [-0.2, 0) is 6.54 Å². The summed E-state index contributed by atoms with van der Waals surface area (Å²) in [6.45, 7) is 0.736. The van der Waals surface area contributed by atoms with Gasteiger partial charge in [0.05, 0.1) is 24.9 Å². The number of nitrogens with zero attached hydrogens (tertiary/aromatic N) is 3. The van der Waals surface area contributed by atoms with E-state index in [1.54, 1.807) is 7.11 Å². The van der Waals surface area contributed by atoms with Crippen molar-refractivity contribution in [1.82, 2.24) is 19.8 Å². The molecule has 0 amide bonds. The lowest BCUT2D eigenvalue weighted by Gasteiger charge is -2.30. The van der Waals surface area contributed by atoms with Gasteiger partial charge >= 0.3 is 0 Å². The Hall–Kier alpha value is -2.86. The van der Waals surface area contributed by atoms with Crippen LogP contribution in [0.3, 0.4) is 0 Å². The second kappa shape index (κ2) is 8.71. The van der Waals surface area contributed by atoms with Crippen molar-refractivity contribution < 1.29 is 4.74 Å². The second-order valence-electron chi connectivity index (χ2n) is 8.38. The first kappa shape index (κ1) is 20.1. The van der Waals surface area contributed by atoms with Crippen LogP contribution in [0.15, 0.2) is 67.0 Å². The van der Waals surface area contributed by atoms with Gasteiger partial charge in [-0.15, -0.1) is 0 Å². The topological polar surface area (TPSA) is 42.3 Å². The van der Waals surface area contributed by atoms with Crippen molar-refractivity contribution in [2.24, 2.45) is 0 Å². The standard InChI is InChI=1S/C25H28N4OS/c1-30-20-13-11-18(12-14-20)17-29-24(22-10-6-16-28(22)19-7-2-3-8-19)23(27-25(29)31)21-9-4-5-15-26-21/h4-6,9-16,19,23-24H,2-3,7-8,17H2,1H3,(H,27,31)/t23-,24+/m0/s1. The van der Waals surface area contributed by atoms with Crippen molar-refractivity contribution in [3.05, 3.63) is 83.9 Å². The predicted octanol–water partition coefficient (Wildman–Crippen LogP) is 5.18. The van der Waals surface area contributed by atoms with Crippen LogP contribution in [0.25, 0.3) is 0 Å². The maximum atomic E-state index is 5.85. The van der Waals surface area contributed by atoms with Gasteiger partial charge in [0.15, 0.2) is 5.11 Å². The molecule has 5 rings (SSSR count). The quantitative estimate of drug-likeness (QED) is 0.544. The zero-order chi connectivity index (χ0) is 21.2. The minimum absolute atomic E-state index is 0.0157. The van der Waals surface area contributed by atoms with Crippen molar-refractivity contribution in [2.75, 3.05) is 7.11 Å². The van der Waals surface area contributed by atoms with E-state index in [4.69, 9.17) is 17.0 Å². The molecule has 1 saturated heterocycles. The zero-order valence-electron chi connectivity index (χ0n) is 17.8. The number of hydrogen-bond donors (Lipinski definition) is 1. The summed E-state index contributed by atoms with van der Waals surface area (Å²) >= 11 is 5.85. The third kappa shape index (κ3) is 3.92. The Morgan fingerprint density at radius 1 is 1.06 bits per heavy atom. The van der Waals surface area contributed by atoms with Crippen molar-refractivity contribution in [3.8, 4) is 5.75 Å². The monoisotopic (exact) mass is 432 g/mol. The van der Waals surface area contributed by atoms with Crippen LogP contribution in [0.5, 0.6) is 5.75 Å². The third-order valence-electron chi connectivity index (χ3n) is 6.54. The molecule has 1 aromatic carbocycles. The normalized spacial score (nSPS) is 21.5. The van der Waals surface area contributed by atoms with Gasteiger partial charge in [0.2, 0.25) is 0 Å². The van der Waals surface area contributed by atoms with Gasteiger partial charge in [0, 0.05) is 30.7 Å². The van der Waals surface area contributed by atoms with Gasteiger partial charge in [0.1, 0.15) is 5.75 Å². The molecule has 31 heavy (non-hydrogen) atoms. The molecule has 1 aliphatic carbocycles. The number of hydrogen-bond acceptors (Lipinski definition) is 3. The first-order valence-corrected chi connectivity index (χ1v) is 11.4. The van der Waals surface area contributed by atoms with E-state index in [1.807, 2.05) is 30.5 Å². The van der Waals surface area contributed by atoms with Crippen molar-refractivity contribution in [3.63, 3.8) is 0 Å². The number of benzene rings is 1. The fraction of sp³-hybridized carbons (Fsp3) is 0.360. The van der Waals surface area contributed by atoms with Gasteiger partial charge in [-0.25, -0.2) is 0 Å². The largest absolute Gasteiger partial charge is 0.497 e. The number of pyridine rings is 1. The minimum Gasteiger partial charge on any atom is -0.497 e. The van der Waals surface area contributed by atoms with Gasteiger partial charge in [-0.3, -0.25) is 4.98 Å². The molecule has 0 radical (unpaired) electrons. The Balaban J connectivity index is 1.52. The number of thiocarbonyl (C=S) groups is 1. The molecule has 160 valence electrons. The van der Waals surface area contributed by atoms with E-state index in [1.165, 1.54) is 36.9 Å². The van der Waals surface area contributed by atoms with Gasteiger partial charge in [-0.1, -0.05) is 31.0 Å². The highest BCUT2D eigenvalue weighted by Crippen LogP contribution is 2.42. The van der Waals surface area contributed by atoms with Crippen molar-refractivity contribution in [1.29, 1.82) is 0 Å². The summed E-state index contributed by atoms with van der Waals surface area (Å²) in [6.07, 6.45) is 9.22. The third-order valence-corrected chi connectivity index (χ3v) is 6.90. The van der Waals surface area contributed by atoms with Crippen LogP contribution in [0.4, 0.5) is 0 Å². The average Bonchev–Trinajstić information content (AvgIpc) is 3.55. The molecular weight excluding hydrogens is 404 g/mol. The number of ether oxygens (including phenoxy) is 1. The second-order valence-corrected chi connectivity index (χ2v) is 8.77. The maximum Gasteiger partial charge on any atom is 0.170 e. The Kier molecular flexibility index (Phi) is 5.64. The van der Waals surface area contributed by atoms with E-state index < -0.39 is 0 Å². The molecule has 6 heteroatoms. The molecular formula is C25H28N4OS. The maximum absolute atomic E-state index is 5.85. The molecule has 2 aromatic heterocycles. The fourth-order valence-electron chi connectivity index (χ4n) is 5.00. The summed E-state index contributed by atoms with van der Waals surface area (Å²) in [5.41, 5.74) is 3.53. The summed E-state index contributed by atoms with van der Waals surface area (Å²) in [5.74, 6) is 0.865. The molecule has 5 nitrogen and oxygen atoms in total. The van der Waals surface area contributed by atoms with Crippen LogP contribution < -0.4 is 10.1 Å². The molecule has 0 unspecified atom stereocenters. The number of rotatable bonds is 6. The summed E-state index contributed by atoms with van der Waals surface area (Å²) < 4.78 is 7.81. The lowest BCUT2D eigenvalue weighted by atomic mass is 10.00. The summed E-state index contributed by atoms with van der Waals surface area (Å²) in [4.78, 5) is 6.99. The Labute approximate surface area is 189 Å². The molecule has 2 fully saturated rings. The van der Waals surface area contributed by atoms with Gasteiger partial charge in [0.25, 0.3) is 0 Å². The first-order chi connectivity index (χ1) is 15.2. The van der Waals surface area contributed by atoms with Gasteiger partial charge in [-0.2, -0.15) is 0 Å². The zero-order valence-corrected chi connectivity index (χ0v) is 18.6. The predicted molar refractivity (Wildman–Crippen MR) is 126 cm³/mol. The molecule has 2 aliphatic rings. The summed E-state index contributed by atoms with van der Waals surface area (Å²) in [7, 11) is 1.69. The minimum atomic E-state index is 0.0157. The first-order valence-electron chi connectivity index (χ1n) is 11.0. The van der Waals surface area contributed by atoms with Crippen molar-refractivity contribution >= 4 is 17.3 Å². The molecule has 3 aromatic rings. The van der Waals surface area contributed by atoms with Crippen LogP contribution in [0.2, 0.25) is 0 Å². The fourth-order valence-corrected chi connectivity index (χ4v) is 5.30. The van der Waals surface area contributed by atoms with Gasteiger partial charge < -0.3 is 19.5 Å². The lowest BCUT2D eigenvalue weighted by molar-refractivity contribution is 0.290. The lowest BCUT2D eigenvalue weighted by Crippen LogP contribution is -2.30. The highest BCUT2D eigenvalue weighted by molar-refractivity contribution is 7.80. The number of aromatic nitrogens is 2. The molecule has 0 spiro atoms. The van der Waals surface area contributed by atoms with Crippen LogP contribution in [0, 0.1) is 0 Å². The highest BCUT2D eigenvalue weighted by atomic mass is 32.1. The summed E-state index contributed by atoms with van der Waals surface area (Å²) in [6, 6.07) is 19.5. The van der Waals surface area contributed by atoms with E-state index in [-0.39, 0.29) is 12.1 Å². The molecule has 2 atom stereocenters. The number of nitrogens with one attached hydrogen (secondary N) is 1. The van der Waals surface area contributed by atoms with Crippen molar-refractivity contribution in [2.45, 2.75) is 50.4 Å². The van der Waals surface area contributed by atoms with E-state index in [0.29, 0.717) is 6.04 Å². The van der Waals surface area contributed by atoms with E-state index in [9.17, 15) is 0 Å². The van der Waals surface area contributed by atoms with Crippen LogP contribution >= 0.6 is 12.2 Å². The van der Waals surface area contributed by atoms with E-state index in [0.717, 1.165) is 23.1 Å². The summed E-state index contributed by atoms with van der Waals surface area (Å²) in [5, 5.41) is 4.35. The number of methoxy groups -OCH3 is 1. The highest BCUT2D eigenvalue weighted by Gasteiger charge is 2.41. The average molecular weight is 433 g/mol. The SMILES string of the molecule is COc1ccc(CN2C(=S)N[C@@H](c3ccccn3)[C@H]2c2cccn2C2CCCC2)cc1. The molecule has 0 bridgehead atoms. The van der Waals surface area contributed by atoms with Crippen LogP contribution in [0.1, 0.15) is 60.8 Å². The Morgan fingerprint density at radius 2 is 1.87 bits per heavy atom. The Bertz CT molecular complexity index is 1030.